The number of fused-ring (bicyclic) bond motifs is 1. The minimum atomic E-state index is -0.842. The molecule has 0 fully saturated rings. The van der Waals surface area contributed by atoms with Crippen LogP contribution in [0, 0.1) is 0 Å². The fourth-order valence-corrected chi connectivity index (χ4v) is 2.63. The van der Waals surface area contributed by atoms with Crippen LogP contribution in [0.25, 0.3) is 16.5 Å². The largest absolute Gasteiger partial charge is 0.490 e. The molecule has 2 aromatic rings. The molecule has 1 amide bonds. The lowest BCUT2D eigenvalue weighted by Gasteiger charge is -2.16. The Bertz CT molecular complexity index is 802. The van der Waals surface area contributed by atoms with Crippen LogP contribution < -0.4 is 4.74 Å². The molecule has 0 spiro atoms. The van der Waals surface area contributed by atoms with Crippen LogP contribution in [0.1, 0.15) is 39.4 Å². The Labute approximate surface area is 153 Å². The molecule has 1 aromatic heterocycles. The number of para-hydroxylation sites is 1. The Kier molecular flexibility index (Phi) is 6.83. The summed E-state index contributed by atoms with van der Waals surface area (Å²) < 4.78 is 11.6. The Morgan fingerprint density at radius 1 is 1.27 bits per heavy atom. The highest BCUT2D eigenvalue weighted by molar-refractivity contribution is 5.95. The van der Waals surface area contributed by atoms with Crippen molar-refractivity contribution in [2.45, 2.75) is 33.6 Å². The van der Waals surface area contributed by atoms with E-state index in [4.69, 9.17) is 14.3 Å². The highest BCUT2D eigenvalue weighted by Crippen LogP contribution is 2.31. The lowest BCUT2D eigenvalue weighted by atomic mass is 10.2. The summed E-state index contributed by atoms with van der Waals surface area (Å²) in [6.45, 7) is 7.35. The number of carbonyl (C=O) groups excluding carboxylic acids is 1. The number of aliphatic carboxylic acids is 1. The molecule has 6 nitrogen and oxygen atoms in total. The summed E-state index contributed by atoms with van der Waals surface area (Å²) in [5.74, 6) is 0.299. The molecular weight excluding hydrogens is 334 g/mol. The van der Waals surface area contributed by atoms with Gasteiger partial charge in [0, 0.05) is 31.0 Å². The molecule has 0 aliphatic heterocycles. The minimum Gasteiger partial charge on any atom is -0.490 e. The Balaban J connectivity index is 2.18. The number of carbonyl (C=O) groups is 2. The second-order valence-corrected chi connectivity index (χ2v) is 5.97. The number of hydrogen-bond donors (Lipinski definition) is 1. The lowest BCUT2D eigenvalue weighted by molar-refractivity contribution is -0.137. The summed E-state index contributed by atoms with van der Waals surface area (Å²) >= 11 is 0. The second-order valence-electron chi connectivity index (χ2n) is 5.97. The number of carboxylic acid groups (broad SMARTS) is 1. The zero-order chi connectivity index (χ0) is 19.1. The normalized spacial score (nSPS) is 11.6. The molecule has 0 saturated carbocycles. The predicted octanol–water partition coefficient (Wildman–Crippen LogP) is 3.95. The number of furan rings is 1. The predicted molar refractivity (Wildman–Crippen MR) is 100 cm³/mol. The molecule has 1 aromatic carbocycles. The number of hydrogen-bond acceptors (Lipinski definition) is 4. The van der Waals surface area contributed by atoms with Crippen molar-refractivity contribution in [1.82, 2.24) is 4.90 Å². The number of rotatable bonds is 9. The number of carboxylic acids is 1. The van der Waals surface area contributed by atoms with Crippen LogP contribution in [0.2, 0.25) is 0 Å². The molecular formula is C20H25NO5. The molecule has 1 N–H and O–H groups in total. The summed E-state index contributed by atoms with van der Waals surface area (Å²) in [7, 11) is 0. The van der Waals surface area contributed by atoms with Gasteiger partial charge in [0.25, 0.3) is 0 Å². The van der Waals surface area contributed by atoms with Crippen LogP contribution in [0.4, 0.5) is 0 Å². The molecule has 0 atom stereocenters. The van der Waals surface area contributed by atoms with Gasteiger partial charge in [0.1, 0.15) is 5.76 Å². The van der Waals surface area contributed by atoms with Crippen molar-refractivity contribution in [3.05, 3.63) is 36.1 Å². The van der Waals surface area contributed by atoms with E-state index >= 15 is 0 Å². The van der Waals surface area contributed by atoms with E-state index in [0.29, 0.717) is 43.2 Å². The van der Waals surface area contributed by atoms with Crippen LogP contribution in [0.5, 0.6) is 5.75 Å². The van der Waals surface area contributed by atoms with Gasteiger partial charge in [-0.3, -0.25) is 9.59 Å². The summed E-state index contributed by atoms with van der Waals surface area (Å²) in [6, 6.07) is 7.43. The summed E-state index contributed by atoms with van der Waals surface area (Å²) in [5, 5.41) is 9.56. The van der Waals surface area contributed by atoms with E-state index in [1.54, 1.807) is 17.0 Å². The van der Waals surface area contributed by atoms with Crippen molar-refractivity contribution in [3.8, 4) is 5.75 Å². The van der Waals surface area contributed by atoms with Crippen molar-refractivity contribution in [2.24, 2.45) is 0 Å². The molecule has 26 heavy (non-hydrogen) atoms. The van der Waals surface area contributed by atoms with E-state index in [1.807, 2.05) is 39.0 Å². The maximum absolute atomic E-state index is 12.2. The van der Waals surface area contributed by atoms with Gasteiger partial charge >= 0.3 is 5.97 Å². The fourth-order valence-electron chi connectivity index (χ4n) is 2.63. The van der Waals surface area contributed by atoms with Gasteiger partial charge in [0.05, 0.1) is 6.61 Å². The molecule has 1 heterocycles. The van der Waals surface area contributed by atoms with E-state index in [2.05, 4.69) is 0 Å². The molecule has 6 heteroatoms. The van der Waals surface area contributed by atoms with Crippen molar-refractivity contribution in [3.63, 3.8) is 0 Å². The quantitative estimate of drug-likeness (QED) is 0.542. The van der Waals surface area contributed by atoms with E-state index < -0.39 is 5.97 Å². The van der Waals surface area contributed by atoms with Gasteiger partial charge in [-0.15, -0.1) is 0 Å². The van der Waals surface area contributed by atoms with E-state index in [1.165, 1.54) is 0 Å². The summed E-state index contributed by atoms with van der Waals surface area (Å²) in [6.07, 6.45) is 2.07. The fraction of sp³-hybridized carbons (Fsp3) is 0.400. The first kappa shape index (κ1) is 19.6. The van der Waals surface area contributed by atoms with Gasteiger partial charge in [0.15, 0.2) is 11.3 Å². The number of benzene rings is 1. The lowest BCUT2D eigenvalue weighted by Crippen LogP contribution is -2.28. The molecule has 2 rings (SSSR count). The van der Waals surface area contributed by atoms with Crippen LogP contribution in [-0.4, -0.2) is 41.6 Å². The number of likely N-dealkylation sites (N-methyl/N-ethyl adjacent to an activating group) is 1. The van der Waals surface area contributed by atoms with Gasteiger partial charge in [-0.2, -0.15) is 0 Å². The number of amides is 1. The smallest absolute Gasteiger partial charge is 0.303 e. The highest BCUT2D eigenvalue weighted by atomic mass is 16.5. The zero-order valence-corrected chi connectivity index (χ0v) is 15.4. The molecule has 0 aliphatic carbocycles. The van der Waals surface area contributed by atoms with Gasteiger partial charge in [0.2, 0.25) is 5.91 Å². The van der Waals surface area contributed by atoms with E-state index in [9.17, 15) is 9.59 Å². The third kappa shape index (κ3) is 4.88. The van der Waals surface area contributed by atoms with Crippen molar-refractivity contribution in [1.29, 1.82) is 0 Å². The molecule has 0 bridgehead atoms. The number of allylic oxidation sites excluding steroid dienone is 1. The molecule has 0 radical (unpaired) electrons. The first-order chi connectivity index (χ1) is 12.5. The molecule has 140 valence electrons. The second kappa shape index (κ2) is 9.08. The Morgan fingerprint density at radius 2 is 2.00 bits per heavy atom. The number of nitrogens with zero attached hydrogens (tertiary/aromatic N) is 1. The first-order valence-electron chi connectivity index (χ1n) is 8.81. The highest BCUT2D eigenvalue weighted by Gasteiger charge is 2.13. The van der Waals surface area contributed by atoms with Crippen molar-refractivity contribution < 1.29 is 23.8 Å². The van der Waals surface area contributed by atoms with E-state index in [0.717, 1.165) is 11.0 Å². The monoisotopic (exact) mass is 359 g/mol. The average molecular weight is 359 g/mol. The van der Waals surface area contributed by atoms with Gasteiger partial charge < -0.3 is 19.2 Å². The summed E-state index contributed by atoms with van der Waals surface area (Å²) in [5.41, 5.74) is 1.34. The Morgan fingerprint density at radius 3 is 2.65 bits per heavy atom. The molecule has 0 unspecified atom stereocenters. The van der Waals surface area contributed by atoms with Crippen molar-refractivity contribution in [2.75, 3.05) is 19.7 Å². The molecule has 0 aliphatic rings. The molecule has 0 saturated heterocycles. The van der Waals surface area contributed by atoms with Gasteiger partial charge in [-0.05, 0) is 44.9 Å². The van der Waals surface area contributed by atoms with Crippen LogP contribution in [0.15, 0.2) is 34.8 Å². The van der Waals surface area contributed by atoms with Gasteiger partial charge in [-0.25, -0.2) is 0 Å². The van der Waals surface area contributed by atoms with E-state index in [-0.39, 0.29) is 12.3 Å². The minimum absolute atomic E-state index is 0.0434. The standard InChI is InChI=1S/C20H25NO5/c1-4-21(5-2)18(22)12-14(3)17-13-15-8-6-9-16(20(15)26-17)25-11-7-10-19(23)24/h6,8-9,12-13H,4-5,7,10-11H2,1-3H3,(H,23,24)/b14-12+. The number of ether oxygens (including phenoxy) is 1. The Hall–Kier alpha value is -2.76. The van der Waals surface area contributed by atoms with Crippen molar-refractivity contribution >= 4 is 28.4 Å². The maximum atomic E-state index is 12.2. The summed E-state index contributed by atoms with van der Waals surface area (Å²) in [4.78, 5) is 24.5. The zero-order valence-electron chi connectivity index (χ0n) is 15.4. The maximum Gasteiger partial charge on any atom is 0.303 e. The SMILES string of the molecule is CCN(CC)C(=O)/C=C(\C)c1cc2cccc(OCCCC(=O)O)c2o1. The third-order valence-electron chi connectivity index (χ3n) is 4.10. The average Bonchev–Trinajstić information content (AvgIpc) is 3.04. The third-order valence-corrected chi connectivity index (χ3v) is 4.10. The first-order valence-corrected chi connectivity index (χ1v) is 8.81. The van der Waals surface area contributed by atoms with Crippen LogP contribution in [-0.2, 0) is 9.59 Å². The topological polar surface area (TPSA) is 80.0 Å². The van der Waals surface area contributed by atoms with Gasteiger partial charge in [-0.1, -0.05) is 12.1 Å². The van der Waals surface area contributed by atoms with Crippen LogP contribution in [0.3, 0.4) is 0 Å². The van der Waals surface area contributed by atoms with Crippen LogP contribution >= 0.6 is 0 Å².